The van der Waals surface area contributed by atoms with E-state index < -0.39 is 11.9 Å². The number of pyridine rings is 1. The fourth-order valence-corrected chi connectivity index (χ4v) is 3.12. The van der Waals surface area contributed by atoms with Crippen LogP contribution >= 0.6 is 11.6 Å². The molecule has 0 spiro atoms. The quantitative estimate of drug-likeness (QED) is 0.838. The SMILES string of the molecule is NC1CCC(Nc2cc(C(F)(F)F)nc3ccc(Cl)cc23)CC1. The zero-order chi connectivity index (χ0) is 16.6. The Morgan fingerprint density at radius 1 is 1.13 bits per heavy atom. The van der Waals surface area contributed by atoms with Gasteiger partial charge in [-0.2, -0.15) is 13.2 Å². The number of fused-ring (bicyclic) bond motifs is 1. The van der Waals surface area contributed by atoms with Crippen LogP contribution in [0.15, 0.2) is 24.3 Å². The first kappa shape index (κ1) is 16.3. The Bertz CT molecular complexity index is 710. The number of nitrogens with zero attached hydrogens (tertiary/aromatic N) is 1. The number of hydrogen-bond donors (Lipinski definition) is 2. The van der Waals surface area contributed by atoms with Crippen LogP contribution in [-0.4, -0.2) is 17.1 Å². The summed E-state index contributed by atoms with van der Waals surface area (Å²) in [5.74, 6) is 0. The summed E-state index contributed by atoms with van der Waals surface area (Å²) in [6.45, 7) is 0. The molecule has 1 aromatic heterocycles. The molecule has 0 radical (unpaired) electrons. The van der Waals surface area contributed by atoms with Crippen molar-refractivity contribution in [3.63, 3.8) is 0 Å². The lowest BCUT2D eigenvalue weighted by atomic mass is 9.91. The third-order valence-corrected chi connectivity index (χ3v) is 4.43. The maximum atomic E-state index is 13.1. The van der Waals surface area contributed by atoms with E-state index >= 15 is 0 Å². The number of nitrogens with one attached hydrogen (secondary N) is 1. The molecule has 1 heterocycles. The summed E-state index contributed by atoms with van der Waals surface area (Å²) in [5, 5.41) is 4.29. The molecule has 124 valence electrons. The Morgan fingerprint density at radius 2 is 1.83 bits per heavy atom. The highest BCUT2D eigenvalue weighted by Gasteiger charge is 2.33. The van der Waals surface area contributed by atoms with Crippen LogP contribution < -0.4 is 11.1 Å². The van der Waals surface area contributed by atoms with Crippen molar-refractivity contribution in [2.75, 3.05) is 5.32 Å². The molecule has 7 heteroatoms. The van der Waals surface area contributed by atoms with Gasteiger partial charge in [0.1, 0.15) is 5.69 Å². The number of aromatic nitrogens is 1. The molecule has 3 nitrogen and oxygen atoms in total. The van der Waals surface area contributed by atoms with Crippen LogP contribution in [-0.2, 0) is 6.18 Å². The van der Waals surface area contributed by atoms with E-state index in [1.54, 1.807) is 12.1 Å². The van der Waals surface area contributed by atoms with Gasteiger partial charge >= 0.3 is 6.18 Å². The lowest BCUT2D eigenvalue weighted by molar-refractivity contribution is -0.140. The van der Waals surface area contributed by atoms with Gasteiger partial charge in [0.25, 0.3) is 0 Å². The normalized spacial score (nSPS) is 22.3. The van der Waals surface area contributed by atoms with Gasteiger partial charge in [0.2, 0.25) is 0 Å². The van der Waals surface area contributed by atoms with E-state index in [1.807, 2.05) is 0 Å². The second-order valence-electron chi connectivity index (χ2n) is 5.97. The highest BCUT2D eigenvalue weighted by atomic mass is 35.5. The van der Waals surface area contributed by atoms with E-state index in [9.17, 15) is 13.2 Å². The molecule has 0 atom stereocenters. The molecule has 0 unspecified atom stereocenters. The smallest absolute Gasteiger partial charge is 0.382 e. The summed E-state index contributed by atoms with van der Waals surface area (Å²) >= 11 is 5.99. The average Bonchev–Trinajstić information content (AvgIpc) is 2.49. The summed E-state index contributed by atoms with van der Waals surface area (Å²) < 4.78 is 39.2. The van der Waals surface area contributed by atoms with Gasteiger partial charge in [0, 0.05) is 28.2 Å². The highest BCUT2D eigenvalue weighted by molar-refractivity contribution is 6.31. The number of nitrogens with two attached hydrogens (primary N) is 1. The van der Waals surface area contributed by atoms with Crippen molar-refractivity contribution in [1.29, 1.82) is 0 Å². The van der Waals surface area contributed by atoms with Crippen LogP contribution in [0.4, 0.5) is 18.9 Å². The molecule has 1 aliphatic rings. The second kappa shape index (κ2) is 6.17. The van der Waals surface area contributed by atoms with Gasteiger partial charge in [0.15, 0.2) is 0 Å². The number of hydrogen-bond acceptors (Lipinski definition) is 3. The largest absolute Gasteiger partial charge is 0.433 e. The zero-order valence-electron chi connectivity index (χ0n) is 12.3. The average molecular weight is 344 g/mol. The summed E-state index contributed by atoms with van der Waals surface area (Å²) in [6.07, 6.45) is -1.07. The Kier molecular flexibility index (Phi) is 4.38. The van der Waals surface area contributed by atoms with Crippen molar-refractivity contribution in [3.05, 3.63) is 35.0 Å². The van der Waals surface area contributed by atoms with Crippen molar-refractivity contribution in [3.8, 4) is 0 Å². The number of alkyl halides is 3. The lowest BCUT2D eigenvalue weighted by Crippen LogP contribution is -2.32. The summed E-state index contributed by atoms with van der Waals surface area (Å²) in [6, 6.07) is 6.05. The van der Waals surface area contributed by atoms with Crippen LogP contribution in [0.5, 0.6) is 0 Å². The Hall–Kier alpha value is -1.53. The fraction of sp³-hybridized carbons (Fsp3) is 0.438. The molecule has 1 saturated carbocycles. The van der Waals surface area contributed by atoms with Crippen molar-refractivity contribution in [2.45, 2.75) is 43.9 Å². The third-order valence-electron chi connectivity index (χ3n) is 4.19. The van der Waals surface area contributed by atoms with Gasteiger partial charge in [0.05, 0.1) is 5.52 Å². The summed E-state index contributed by atoms with van der Waals surface area (Å²) in [4.78, 5) is 3.71. The minimum atomic E-state index is -4.49. The molecule has 1 aromatic carbocycles. The van der Waals surface area contributed by atoms with E-state index in [1.165, 1.54) is 6.07 Å². The van der Waals surface area contributed by atoms with Gasteiger partial charge in [-0.3, -0.25) is 0 Å². The standard InChI is InChI=1S/C16H17ClF3N3/c17-9-1-6-13-12(7-9)14(8-15(23-13)16(18,19)20)22-11-4-2-10(21)3-5-11/h1,6-8,10-11H,2-5,21H2,(H,22,23). The van der Waals surface area contributed by atoms with Crippen LogP contribution in [0.25, 0.3) is 10.9 Å². The number of benzene rings is 1. The molecule has 3 N–H and O–H groups in total. The molecule has 1 aliphatic carbocycles. The topological polar surface area (TPSA) is 50.9 Å². The molecule has 0 saturated heterocycles. The van der Waals surface area contributed by atoms with Gasteiger partial charge < -0.3 is 11.1 Å². The van der Waals surface area contributed by atoms with Crippen LogP contribution in [0.3, 0.4) is 0 Å². The molecule has 0 amide bonds. The zero-order valence-corrected chi connectivity index (χ0v) is 13.1. The predicted octanol–water partition coefficient (Wildman–Crippen LogP) is 4.59. The van der Waals surface area contributed by atoms with Crippen LogP contribution in [0, 0.1) is 0 Å². The van der Waals surface area contributed by atoms with Gasteiger partial charge in [-0.25, -0.2) is 4.98 Å². The maximum Gasteiger partial charge on any atom is 0.433 e. The first-order chi connectivity index (χ1) is 10.8. The minimum absolute atomic E-state index is 0.112. The molecule has 1 fully saturated rings. The first-order valence-corrected chi connectivity index (χ1v) is 7.90. The summed E-state index contributed by atoms with van der Waals surface area (Å²) in [7, 11) is 0. The predicted molar refractivity (Wildman–Crippen MR) is 85.6 cm³/mol. The van der Waals surface area contributed by atoms with Crippen LogP contribution in [0.1, 0.15) is 31.4 Å². The van der Waals surface area contributed by atoms with Crippen molar-refractivity contribution >= 4 is 28.2 Å². The first-order valence-electron chi connectivity index (χ1n) is 7.52. The van der Waals surface area contributed by atoms with E-state index in [-0.39, 0.29) is 17.6 Å². The van der Waals surface area contributed by atoms with E-state index in [0.29, 0.717) is 16.1 Å². The highest BCUT2D eigenvalue weighted by Crippen LogP contribution is 2.35. The summed E-state index contributed by atoms with van der Waals surface area (Å²) in [5.41, 5.74) is 5.68. The number of anilines is 1. The molecule has 23 heavy (non-hydrogen) atoms. The minimum Gasteiger partial charge on any atom is -0.382 e. The van der Waals surface area contributed by atoms with Gasteiger partial charge in [-0.05, 0) is 49.9 Å². The molecular formula is C16H17ClF3N3. The van der Waals surface area contributed by atoms with Crippen molar-refractivity contribution in [1.82, 2.24) is 4.98 Å². The number of rotatable bonds is 2. The van der Waals surface area contributed by atoms with Gasteiger partial charge in [-0.1, -0.05) is 11.6 Å². The Labute approximate surface area is 137 Å². The molecule has 3 rings (SSSR count). The molecule has 0 aliphatic heterocycles. The Balaban J connectivity index is 2.00. The third kappa shape index (κ3) is 3.70. The van der Waals surface area contributed by atoms with Crippen molar-refractivity contribution < 1.29 is 13.2 Å². The van der Waals surface area contributed by atoms with Crippen molar-refractivity contribution in [2.24, 2.45) is 5.73 Å². The Morgan fingerprint density at radius 3 is 2.48 bits per heavy atom. The second-order valence-corrected chi connectivity index (χ2v) is 6.41. The van der Waals surface area contributed by atoms with E-state index in [4.69, 9.17) is 17.3 Å². The number of halogens is 4. The molecule has 0 bridgehead atoms. The van der Waals surface area contributed by atoms with E-state index in [0.717, 1.165) is 31.7 Å². The monoisotopic (exact) mass is 343 g/mol. The van der Waals surface area contributed by atoms with Crippen LogP contribution in [0.2, 0.25) is 5.02 Å². The molecular weight excluding hydrogens is 327 g/mol. The molecule has 2 aromatic rings. The lowest BCUT2D eigenvalue weighted by Gasteiger charge is -2.28. The van der Waals surface area contributed by atoms with E-state index in [2.05, 4.69) is 10.3 Å². The van der Waals surface area contributed by atoms with Gasteiger partial charge in [-0.15, -0.1) is 0 Å². The maximum absolute atomic E-state index is 13.1. The fourth-order valence-electron chi connectivity index (χ4n) is 2.95.